The van der Waals surface area contributed by atoms with Crippen LogP contribution in [0.3, 0.4) is 0 Å². The van der Waals surface area contributed by atoms with Gasteiger partial charge in [0.2, 0.25) is 0 Å². The molecule has 0 spiro atoms. The van der Waals surface area contributed by atoms with Crippen LogP contribution in [0.25, 0.3) is 0 Å². The summed E-state index contributed by atoms with van der Waals surface area (Å²) in [5, 5.41) is 5.33. The van der Waals surface area contributed by atoms with Crippen molar-refractivity contribution in [1.29, 1.82) is 0 Å². The molecule has 0 aromatic heterocycles. The van der Waals surface area contributed by atoms with E-state index in [4.69, 9.17) is 18.9 Å². The zero-order valence-electron chi connectivity index (χ0n) is 23.3. The topological polar surface area (TPSA) is 112 Å². The molecule has 2 aromatic rings. The largest absolute Gasteiger partial charge is 0.497 e. The monoisotopic (exact) mass is 544 g/mol. The summed E-state index contributed by atoms with van der Waals surface area (Å²) in [6, 6.07) is 14.4. The van der Waals surface area contributed by atoms with E-state index in [1.54, 1.807) is 45.0 Å². The number of esters is 1. The number of carbonyl (C=O) groups excluding carboxylic acids is 3. The van der Waals surface area contributed by atoms with Gasteiger partial charge >= 0.3 is 18.2 Å². The van der Waals surface area contributed by atoms with Gasteiger partial charge in [0.25, 0.3) is 0 Å². The minimum absolute atomic E-state index is 0.0107. The van der Waals surface area contributed by atoms with E-state index in [0.29, 0.717) is 11.3 Å². The lowest BCUT2D eigenvalue weighted by Gasteiger charge is -2.29. The van der Waals surface area contributed by atoms with Gasteiger partial charge < -0.3 is 29.6 Å². The lowest BCUT2D eigenvalue weighted by atomic mass is 9.99. The first kappa shape index (κ1) is 30.7. The van der Waals surface area contributed by atoms with Crippen molar-refractivity contribution in [2.24, 2.45) is 0 Å². The van der Waals surface area contributed by atoms with Crippen LogP contribution >= 0.6 is 0 Å². The van der Waals surface area contributed by atoms with Gasteiger partial charge in [0.1, 0.15) is 18.0 Å². The van der Waals surface area contributed by atoms with Gasteiger partial charge in [-0.1, -0.05) is 62.1 Å². The summed E-state index contributed by atoms with van der Waals surface area (Å²) < 4.78 is 21.6. The Hall–Kier alpha value is -3.53. The van der Waals surface area contributed by atoms with Gasteiger partial charge in [0.05, 0.1) is 19.8 Å². The second kappa shape index (κ2) is 13.9. The quantitative estimate of drug-likeness (QED) is 0.220. The number of carbonyl (C=O) groups is 3. The standard InChI is InChI=1S/C28H40N2O7Si/c1-28(2,3)37-27(33)29-23(21-13-15-22(34-4)16-14-21)24(25(31)35-17-18-38(5,6)7)30-26(32)36-19-20-11-9-8-10-12-20/h8-16,23-24H,17-19H2,1-7H3,(H,29,33)(H,30,32)/t23-,24+/m0/s1. The average Bonchev–Trinajstić information content (AvgIpc) is 2.83. The van der Waals surface area contributed by atoms with E-state index in [0.717, 1.165) is 11.6 Å². The number of rotatable bonds is 11. The molecule has 10 heteroatoms. The van der Waals surface area contributed by atoms with Crippen molar-refractivity contribution in [3.8, 4) is 5.75 Å². The van der Waals surface area contributed by atoms with Gasteiger partial charge in [-0.2, -0.15) is 0 Å². The summed E-state index contributed by atoms with van der Waals surface area (Å²) in [4.78, 5) is 39.0. The van der Waals surface area contributed by atoms with E-state index in [-0.39, 0.29) is 13.2 Å². The van der Waals surface area contributed by atoms with Crippen molar-refractivity contribution in [3.05, 3.63) is 65.7 Å². The highest BCUT2D eigenvalue weighted by molar-refractivity contribution is 6.76. The van der Waals surface area contributed by atoms with Gasteiger partial charge in [-0.15, -0.1) is 0 Å². The third kappa shape index (κ3) is 11.2. The number of amides is 2. The summed E-state index contributed by atoms with van der Waals surface area (Å²) in [6.07, 6.45) is -1.58. The molecule has 9 nitrogen and oxygen atoms in total. The van der Waals surface area contributed by atoms with Crippen molar-refractivity contribution in [3.63, 3.8) is 0 Å². The fourth-order valence-electron chi connectivity index (χ4n) is 3.32. The predicted octanol–water partition coefficient (Wildman–Crippen LogP) is 5.44. The zero-order valence-corrected chi connectivity index (χ0v) is 24.3. The van der Waals surface area contributed by atoms with Gasteiger partial charge in [-0.3, -0.25) is 0 Å². The van der Waals surface area contributed by atoms with Crippen molar-refractivity contribution in [2.75, 3.05) is 13.7 Å². The number of nitrogens with one attached hydrogen (secondary N) is 2. The van der Waals surface area contributed by atoms with Crippen LogP contribution in [-0.2, 0) is 25.6 Å². The molecule has 0 fully saturated rings. The van der Waals surface area contributed by atoms with Crippen molar-refractivity contribution in [1.82, 2.24) is 10.6 Å². The Morgan fingerprint density at radius 2 is 1.50 bits per heavy atom. The third-order valence-electron chi connectivity index (χ3n) is 5.32. The lowest BCUT2D eigenvalue weighted by Crippen LogP contribution is -2.52. The normalized spacial score (nSPS) is 13.0. The summed E-state index contributed by atoms with van der Waals surface area (Å²) in [7, 11) is 0.0476. The second-order valence-corrected chi connectivity index (χ2v) is 16.7. The molecule has 2 N–H and O–H groups in total. The summed E-state index contributed by atoms with van der Waals surface area (Å²) >= 11 is 0. The smallest absolute Gasteiger partial charge is 0.408 e. The molecule has 0 aliphatic rings. The SMILES string of the molecule is COc1ccc([C@H](NC(=O)OC(C)(C)C)[C@@H](NC(=O)OCc2ccccc2)C(=O)OCC[Si](C)(C)C)cc1. The summed E-state index contributed by atoms with van der Waals surface area (Å²) in [5.74, 6) is -0.106. The minimum atomic E-state index is -1.49. The highest BCUT2D eigenvalue weighted by atomic mass is 28.3. The van der Waals surface area contributed by atoms with E-state index in [1.165, 1.54) is 7.11 Å². The second-order valence-electron chi connectivity index (χ2n) is 11.1. The van der Waals surface area contributed by atoms with Gasteiger partial charge in [0, 0.05) is 8.07 Å². The Labute approximate surface area is 226 Å². The lowest BCUT2D eigenvalue weighted by molar-refractivity contribution is -0.146. The zero-order chi connectivity index (χ0) is 28.3. The van der Waals surface area contributed by atoms with Crippen LogP contribution in [0.4, 0.5) is 9.59 Å². The number of methoxy groups -OCH3 is 1. The van der Waals surface area contributed by atoms with Crippen LogP contribution < -0.4 is 15.4 Å². The molecule has 0 unspecified atom stereocenters. The van der Waals surface area contributed by atoms with Crippen LogP contribution in [0.1, 0.15) is 37.9 Å². The Balaban J connectivity index is 2.33. The van der Waals surface area contributed by atoms with Crippen LogP contribution in [0.15, 0.2) is 54.6 Å². The van der Waals surface area contributed by atoms with E-state index < -0.39 is 43.9 Å². The number of hydrogen-bond donors (Lipinski definition) is 2. The molecule has 0 saturated heterocycles. The molecule has 0 heterocycles. The van der Waals surface area contributed by atoms with Crippen molar-refractivity contribution in [2.45, 2.75) is 70.7 Å². The maximum absolute atomic E-state index is 13.3. The molecule has 0 saturated carbocycles. The Bertz CT molecular complexity index is 1050. The molecule has 0 bridgehead atoms. The fraction of sp³-hybridized carbons (Fsp3) is 0.464. The van der Waals surface area contributed by atoms with E-state index >= 15 is 0 Å². The highest BCUT2D eigenvalue weighted by Crippen LogP contribution is 2.23. The minimum Gasteiger partial charge on any atom is -0.497 e. The molecule has 208 valence electrons. The van der Waals surface area contributed by atoms with E-state index in [2.05, 4.69) is 30.3 Å². The molecule has 2 rings (SSSR count). The Morgan fingerprint density at radius 1 is 0.868 bits per heavy atom. The van der Waals surface area contributed by atoms with Crippen LogP contribution in [0.2, 0.25) is 25.7 Å². The summed E-state index contributed by atoms with van der Waals surface area (Å²) in [6.45, 7) is 11.9. The molecule has 0 aliphatic heterocycles. The van der Waals surface area contributed by atoms with Crippen molar-refractivity contribution >= 4 is 26.2 Å². The molecule has 2 aromatic carbocycles. The van der Waals surface area contributed by atoms with Crippen molar-refractivity contribution < 1.29 is 33.3 Å². The average molecular weight is 545 g/mol. The first-order valence-electron chi connectivity index (χ1n) is 12.5. The molecule has 38 heavy (non-hydrogen) atoms. The molecular formula is C28H40N2O7Si. The van der Waals surface area contributed by atoms with Gasteiger partial charge in [-0.25, -0.2) is 14.4 Å². The van der Waals surface area contributed by atoms with Gasteiger partial charge in [0.15, 0.2) is 6.04 Å². The summed E-state index contributed by atoms with van der Waals surface area (Å²) in [5.41, 5.74) is 0.548. The third-order valence-corrected chi connectivity index (χ3v) is 7.02. The Kier molecular flexibility index (Phi) is 11.2. The maximum atomic E-state index is 13.3. The molecule has 0 radical (unpaired) electrons. The number of hydrogen-bond acceptors (Lipinski definition) is 7. The highest BCUT2D eigenvalue weighted by Gasteiger charge is 2.35. The molecule has 2 amide bonds. The van der Waals surface area contributed by atoms with Crippen LogP contribution in [0, 0.1) is 0 Å². The van der Waals surface area contributed by atoms with E-state index in [1.807, 2.05) is 30.3 Å². The molecular weight excluding hydrogens is 504 g/mol. The maximum Gasteiger partial charge on any atom is 0.408 e. The van der Waals surface area contributed by atoms with Crippen LogP contribution in [-0.4, -0.2) is 51.6 Å². The first-order valence-corrected chi connectivity index (χ1v) is 16.3. The van der Waals surface area contributed by atoms with Gasteiger partial charge in [-0.05, 0) is 50.1 Å². The number of benzene rings is 2. The first-order chi connectivity index (χ1) is 17.8. The molecule has 0 aliphatic carbocycles. The predicted molar refractivity (Wildman–Crippen MR) is 148 cm³/mol. The molecule has 2 atom stereocenters. The van der Waals surface area contributed by atoms with Crippen LogP contribution in [0.5, 0.6) is 5.75 Å². The fourth-order valence-corrected chi connectivity index (χ4v) is 4.04. The van der Waals surface area contributed by atoms with E-state index in [9.17, 15) is 14.4 Å². The number of alkyl carbamates (subject to hydrolysis) is 2. The number of ether oxygens (including phenoxy) is 4. The Morgan fingerprint density at radius 3 is 2.05 bits per heavy atom.